The molecule has 0 aromatic carbocycles. The van der Waals surface area contributed by atoms with Crippen LogP contribution in [-0.4, -0.2) is 55.0 Å². The van der Waals surface area contributed by atoms with Gasteiger partial charge in [-0.05, 0) is 44.7 Å². The summed E-state index contributed by atoms with van der Waals surface area (Å²) >= 11 is 0. The third-order valence-corrected chi connectivity index (χ3v) is 5.68. The smallest absolute Gasteiger partial charge is 0.355 e. The zero-order valence-electron chi connectivity index (χ0n) is 16.4. The molecule has 8 nitrogen and oxygen atoms in total. The molecule has 30 heavy (non-hydrogen) atoms. The van der Waals surface area contributed by atoms with E-state index in [4.69, 9.17) is 0 Å². The van der Waals surface area contributed by atoms with Gasteiger partial charge in [0.2, 0.25) is 0 Å². The van der Waals surface area contributed by atoms with E-state index in [-0.39, 0.29) is 5.65 Å². The molecular weight excluding hydrogens is 397 g/mol. The lowest BCUT2D eigenvalue weighted by Gasteiger charge is -2.39. The number of fused-ring (bicyclic) bond motifs is 1. The summed E-state index contributed by atoms with van der Waals surface area (Å²) in [6.07, 6.45) is 1.09. The zero-order valence-corrected chi connectivity index (χ0v) is 16.4. The van der Waals surface area contributed by atoms with Crippen molar-refractivity contribution in [1.29, 1.82) is 0 Å². The van der Waals surface area contributed by atoms with Crippen LogP contribution in [0, 0.1) is 6.92 Å². The minimum absolute atomic E-state index is 0.0833. The molecule has 11 heteroatoms. The highest BCUT2D eigenvalue weighted by molar-refractivity contribution is 5.48. The maximum atomic E-state index is 13.1. The van der Waals surface area contributed by atoms with Crippen LogP contribution in [0.3, 0.4) is 0 Å². The van der Waals surface area contributed by atoms with Gasteiger partial charge in [-0.15, -0.1) is 15.3 Å². The fraction of sp³-hybridized carbons (Fsp3) is 0.526. The number of hydrogen-bond acceptors (Lipinski definition) is 7. The van der Waals surface area contributed by atoms with E-state index >= 15 is 0 Å². The number of aryl methyl sites for hydroxylation is 1. The van der Waals surface area contributed by atoms with Gasteiger partial charge in [0, 0.05) is 36.9 Å². The Morgan fingerprint density at radius 1 is 1.00 bits per heavy atom. The summed E-state index contributed by atoms with van der Waals surface area (Å²) in [6.45, 7) is 3.38. The van der Waals surface area contributed by atoms with Gasteiger partial charge in [0.25, 0.3) is 5.82 Å². The van der Waals surface area contributed by atoms with Gasteiger partial charge in [-0.25, -0.2) is 9.97 Å². The first kappa shape index (κ1) is 19.0. The van der Waals surface area contributed by atoms with Crippen molar-refractivity contribution in [3.05, 3.63) is 36.0 Å². The van der Waals surface area contributed by atoms with E-state index < -0.39 is 12.0 Å². The number of hydrogen-bond donors (Lipinski definition) is 0. The van der Waals surface area contributed by atoms with E-state index in [2.05, 4.69) is 30.2 Å². The number of halogens is 3. The summed E-state index contributed by atoms with van der Waals surface area (Å²) in [6, 6.07) is 6.10. The highest BCUT2D eigenvalue weighted by atomic mass is 19.4. The van der Waals surface area contributed by atoms with Crippen LogP contribution in [0.4, 0.5) is 24.8 Å². The second-order valence-corrected chi connectivity index (χ2v) is 7.86. The topological polar surface area (TPSA) is 75.3 Å². The summed E-state index contributed by atoms with van der Waals surface area (Å²) in [4.78, 5) is 13.1. The van der Waals surface area contributed by atoms with Crippen LogP contribution < -0.4 is 9.80 Å². The molecule has 1 aliphatic heterocycles. The lowest BCUT2D eigenvalue weighted by atomic mass is 10.0. The molecular formula is C19H21F3N8. The van der Waals surface area contributed by atoms with Gasteiger partial charge in [-0.2, -0.15) is 17.7 Å². The molecule has 3 aromatic heterocycles. The van der Waals surface area contributed by atoms with Crippen LogP contribution in [0.25, 0.3) is 5.65 Å². The maximum Gasteiger partial charge on any atom is 0.453 e. The Bertz CT molecular complexity index is 1050. The fourth-order valence-corrected chi connectivity index (χ4v) is 4.10. The highest BCUT2D eigenvalue weighted by Gasteiger charge is 2.39. The first-order valence-electron chi connectivity index (χ1n) is 10.0. The standard InChI is InChI=1S/C19H21F3N8/c1-12-10-17(24-11-23-12)29(13-2-3-13)14-6-8-28(9-7-14)16-5-4-15-25-26-18(19(20,21)22)30(15)27-16/h4-5,10-11,13-14H,2-3,6-9H2,1H3. The number of alkyl halides is 3. The molecule has 5 rings (SSSR count). The Hall–Kier alpha value is -2.98. The average Bonchev–Trinajstić information content (AvgIpc) is 3.44. The van der Waals surface area contributed by atoms with Gasteiger partial charge < -0.3 is 9.80 Å². The van der Waals surface area contributed by atoms with E-state index in [0.717, 1.165) is 41.7 Å². The number of nitrogens with zero attached hydrogens (tertiary/aromatic N) is 8. The Morgan fingerprint density at radius 3 is 2.40 bits per heavy atom. The molecule has 158 valence electrons. The molecule has 0 spiro atoms. The van der Waals surface area contributed by atoms with Crippen molar-refractivity contribution in [3.63, 3.8) is 0 Å². The molecule has 1 saturated carbocycles. The predicted octanol–water partition coefficient (Wildman–Crippen LogP) is 2.88. The third-order valence-electron chi connectivity index (χ3n) is 5.68. The van der Waals surface area contributed by atoms with Gasteiger partial charge in [0.15, 0.2) is 5.65 Å². The Balaban J connectivity index is 1.34. The van der Waals surface area contributed by atoms with E-state index in [0.29, 0.717) is 31.0 Å². The van der Waals surface area contributed by atoms with Crippen LogP contribution in [0.5, 0.6) is 0 Å². The second kappa shape index (κ2) is 7.06. The van der Waals surface area contributed by atoms with Crippen molar-refractivity contribution in [1.82, 2.24) is 29.8 Å². The lowest BCUT2D eigenvalue weighted by molar-refractivity contribution is -0.146. The monoisotopic (exact) mass is 418 g/mol. The van der Waals surface area contributed by atoms with Gasteiger partial charge in [-0.1, -0.05) is 0 Å². The molecule has 4 heterocycles. The summed E-state index contributed by atoms with van der Waals surface area (Å²) in [7, 11) is 0. The fourth-order valence-electron chi connectivity index (χ4n) is 4.10. The average molecular weight is 418 g/mol. The van der Waals surface area contributed by atoms with Crippen LogP contribution in [-0.2, 0) is 6.18 Å². The molecule has 0 unspecified atom stereocenters. The lowest BCUT2D eigenvalue weighted by Crippen LogP contribution is -2.46. The van der Waals surface area contributed by atoms with Crippen molar-refractivity contribution < 1.29 is 13.2 Å². The molecule has 1 saturated heterocycles. The first-order valence-corrected chi connectivity index (χ1v) is 10.0. The van der Waals surface area contributed by atoms with Crippen molar-refractivity contribution in [2.24, 2.45) is 0 Å². The molecule has 2 fully saturated rings. The van der Waals surface area contributed by atoms with E-state index in [9.17, 15) is 13.2 Å². The van der Waals surface area contributed by atoms with Gasteiger partial charge >= 0.3 is 6.18 Å². The van der Waals surface area contributed by atoms with E-state index in [1.54, 1.807) is 12.4 Å². The first-order chi connectivity index (χ1) is 14.4. The normalized spacial score (nSPS) is 18.2. The van der Waals surface area contributed by atoms with Gasteiger partial charge in [-0.3, -0.25) is 0 Å². The van der Waals surface area contributed by atoms with Crippen molar-refractivity contribution >= 4 is 17.3 Å². The quantitative estimate of drug-likeness (QED) is 0.645. The molecule has 0 radical (unpaired) electrons. The minimum Gasteiger partial charge on any atom is -0.355 e. The molecule has 0 atom stereocenters. The molecule has 1 aliphatic carbocycles. The Labute approximate surface area is 170 Å². The Morgan fingerprint density at radius 2 is 1.73 bits per heavy atom. The van der Waals surface area contributed by atoms with E-state index in [1.807, 2.05) is 17.9 Å². The summed E-state index contributed by atoms with van der Waals surface area (Å²) in [5.74, 6) is 0.359. The predicted molar refractivity (Wildman–Crippen MR) is 103 cm³/mol. The van der Waals surface area contributed by atoms with E-state index in [1.165, 1.54) is 6.07 Å². The third kappa shape index (κ3) is 3.52. The van der Waals surface area contributed by atoms with Crippen LogP contribution in [0.1, 0.15) is 37.2 Å². The molecule has 0 amide bonds. The van der Waals surface area contributed by atoms with Crippen LogP contribution in [0.15, 0.2) is 24.5 Å². The minimum atomic E-state index is -4.60. The van der Waals surface area contributed by atoms with Crippen LogP contribution in [0.2, 0.25) is 0 Å². The molecule has 2 aliphatic rings. The maximum absolute atomic E-state index is 13.1. The number of anilines is 2. The largest absolute Gasteiger partial charge is 0.453 e. The second-order valence-electron chi connectivity index (χ2n) is 7.86. The summed E-state index contributed by atoms with van der Waals surface area (Å²) in [5, 5.41) is 11.0. The molecule has 3 aromatic rings. The van der Waals surface area contributed by atoms with Crippen molar-refractivity contribution in [3.8, 4) is 0 Å². The zero-order chi connectivity index (χ0) is 20.9. The van der Waals surface area contributed by atoms with Gasteiger partial charge in [0.1, 0.15) is 18.0 Å². The molecule has 0 bridgehead atoms. The summed E-state index contributed by atoms with van der Waals surface area (Å²) in [5.41, 5.74) is 1.02. The van der Waals surface area contributed by atoms with Gasteiger partial charge in [0.05, 0.1) is 0 Å². The highest BCUT2D eigenvalue weighted by Crippen LogP contribution is 2.36. The Kier molecular flexibility index (Phi) is 4.48. The SMILES string of the molecule is Cc1cc(N(C2CC2)C2CCN(c3ccc4nnc(C(F)(F)F)n4n3)CC2)ncn1. The van der Waals surface area contributed by atoms with Crippen molar-refractivity contribution in [2.75, 3.05) is 22.9 Å². The van der Waals surface area contributed by atoms with Crippen LogP contribution >= 0.6 is 0 Å². The number of aromatic nitrogens is 6. The summed E-state index contributed by atoms with van der Waals surface area (Å²) < 4.78 is 40.2. The molecule has 0 N–H and O–H groups in total. The number of rotatable bonds is 4. The number of piperidine rings is 1. The van der Waals surface area contributed by atoms with Crippen molar-refractivity contribution in [2.45, 2.75) is 50.9 Å².